The lowest BCUT2D eigenvalue weighted by molar-refractivity contribution is -0.115. The summed E-state index contributed by atoms with van der Waals surface area (Å²) in [6, 6.07) is 22.9. The maximum absolute atomic E-state index is 14.2. The maximum atomic E-state index is 14.2. The highest BCUT2D eigenvalue weighted by Gasteiger charge is 2.35. The molecule has 0 saturated carbocycles. The fourth-order valence-corrected chi connectivity index (χ4v) is 6.51. The van der Waals surface area contributed by atoms with Crippen molar-refractivity contribution in [1.82, 2.24) is 14.4 Å². The highest BCUT2D eigenvalue weighted by atomic mass is 16.2. The number of allylic oxidation sites excluding steroid dienone is 2. The lowest BCUT2D eigenvalue weighted by atomic mass is 9.71. The number of aromatic nitrogens is 1. The van der Waals surface area contributed by atoms with E-state index in [2.05, 4.69) is 79.9 Å². The van der Waals surface area contributed by atoms with E-state index < -0.39 is 0 Å². The van der Waals surface area contributed by atoms with Gasteiger partial charge in [-0.15, -0.1) is 0 Å². The first-order valence-electron chi connectivity index (χ1n) is 14.2. The molecule has 2 aliphatic heterocycles. The molecule has 206 valence electrons. The van der Waals surface area contributed by atoms with Crippen molar-refractivity contribution in [3.05, 3.63) is 113 Å². The Labute approximate surface area is 237 Å². The topological polar surface area (TPSA) is 48.8 Å². The molecule has 0 N–H and O–H groups in total. The molecule has 3 aromatic rings. The highest BCUT2D eigenvalue weighted by molar-refractivity contribution is 6.08. The van der Waals surface area contributed by atoms with Gasteiger partial charge in [0.1, 0.15) is 5.69 Å². The predicted molar refractivity (Wildman–Crippen MR) is 159 cm³/mol. The van der Waals surface area contributed by atoms with Crippen LogP contribution < -0.4 is 4.90 Å². The van der Waals surface area contributed by atoms with Crippen LogP contribution in [0.5, 0.6) is 0 Å². The van der Waals surface area contributed by atoms with Crippen molar-refractivity contribution in [3.63, 3.8) is 0 Å². The number of anilines is 1. The Kier molecular flexibility index (Phi) is 6.75. The summed E-state index contributed by atoms with van der Waals surface area (Å²) >= 11 is 0. The summed E-state index contributed by atoms with van der Waals surface area (Å²) in [5.41, 5.74) is 5.34. The molecule has 40 heavy (non-hydrogen) atoms. The fourth-order valence-electron chi connectivity index (χ4n) is 6.51. The molecular weight excluding hydrogens is 496 g/mol. The van der Waals surface area contributed by atoms with Crippen LogP contribution in [-0.4, -0.2) is 59.4 Å². The molecule has 1 saturated heterocycles. The summed E-state index contributed by atoms with van der Waals surface area (Å²) in [6.07, 6.45) is 7.27. The molecule has 3 aliphatic rings. The molecule has 6 nitrogen and oxygen atoms in total. The lowest BCUT2D eigenvalue weighted by Crippen LogP contribution is -2.35. The van der Waals surface area contributed by atoms with Crippen molar-refractivity contribution in [2.75, 3.05) is 32.1 Å². The standard InChI is InChI=1S/C34H38N4O2/c1-34(2)20-25(14-16-29(34)24-10-6-5-7-11-24)32(39)38-23-28-15-17-31(33(40)36-19-18-27(22-36)35(3)4)37(28)21-26-12-8-9-13-30(26)38/h5-17,20,27,29H,18-19,21-23H2,1-4H3/t27-,29?/m1/s1. The fraction of sp³-hybridized carbons (Fsp3) is 0.353. The van der Waals surface area contributed by atoms with Gasteiger partial charge in [-0.1, -0.05) is 80.6 Å². The molecule has 6 heteroatoms. The number of benzene rings is 2. The van der Waals surface area contributed by atoms with Gasteiger partial charge >= 0.3 is 0 Å². The molecule has 1 fully saturated rings. The van der Waals surface area contributed by atoms with E-state index >= 15 is 0 Å². The van der Waals surface area contributed by atoms with Crippen LogP contribution >= 0.6 is 0 Å². The zero-order valence-electron chi connectivity index (χ0n) is 23.9. The Morgan fingerprint density at radius 1 is 0.900 bits per heavy atom. The molecule has 0 bridgehead atoms. The highest BCUT2D eigenvalue weighted by Crippen LogP contribution is 2.42. The van der Waals surface area contributed by atoms with Gasteiger partial charge in [0.25, 0.3) is 11.8 Å². The van der Waals surface area contributed by atoms with E-state index in [0.29, 0.717) is 30.4 Å². The summed E-state index contributed by atoms with van der Waals surface area (Å²) in [6.45, 7) is 6.87. The van der Waals surface area contributed by atoms with Gasteiger partial charge in [-0.25, -0.2) is 0 Å². The van der Waals surface area contributed by atoms with Crippen LogP contribution in [0.15, 0.2) is 90.5 Å². The molecule has 6 rings (SSSR count). The van der Waals surface area contributed by atoms with E-state index in [1.165, 1.54) is 5.56 Å². The first-order chi connectivity index (χ1) is 19.2. The van der Waals surface area contributed by atoms with Crippen molar-refractivity contribution < 1.29 is 9.59 Å². The molecule has 2 atom stereocenters. The number of amides is 2. The Bertz CT molecular complexity index is 1500. The number of likely N-dealkylation sites (tertiary alicyclic amines) is 1. The van der Waals surface area contributed by atoms with Crippen LogP contribution in [0, 0.1) is 5.41 Å². The minimum absolute atomic E-state index is 0.0146. The van der Waals surface area contributed by atoms with Crippen molar-refractivity contribution in [2.45, 2.75) is 45.3 Å². The van der Waals surface area contributed by atoms with Crippen LogP contribution in [0.1, 0.15) is 53.5 Å². The zero-order chi connectivity index (χ0) is 28.0. The molecular formula is C34H38N4O2. The minimum Gasteiger partial charge on any atom is -0.336 e. The molecule has 3 heterocycles. The van der Waals surface area contributed by atoms with Crippen LogP contribution in [0.4, 0.5) is 5.69 Å². The summed E-state index contributed by atoms with van der Waals surface area (Å²) in [7, 11) is 4.15. The average Bonchev–Trinajstić information content (AvgIpc) is 3.56. The normalized spacial score (nSPS) is 21.6. The minimum atomic E-state index is -0.216. The first-order valence-corrected chi connectivity index (χ1v) is 14.2. The van der Waals surface area contributed by atoms with Crippen LogP contribution in [0.25, 0.3) is 0 Å². The van der Waals surface area contributed by atoms with Gasteiger partial charge < -0.3 is 19.3 Å². The SMILES string of the molecule is CN(C)[C@@H]1CCN(C(=O)c2ccc3n2Cc2ccccc2N(C(=O)C2=CC(C)(C)C(c4ccccc4)C=C2)C3)C1. The number of rotatable bonds is 4. The van der Waals surface area contributed by atoms with Gasteiger partial charge in [0.2, 0.25) is 0 Å². The lowest BCUT2D eigenvalue weighted by Gasteiger charge is -2.34. The molecule has 2 aromatic carbocycles. The van der Waals surface area contributed by atoms with Crippen LogP contribution in [-0.2, 0) is 17.9 Å². The smallest absolute Gasteiger partial charge is 0.270 e. The van der Waals surface area contributed by atoms with E-state index in [1.54, 1.807) is 0 Å². The monoisotopic (exact) mass is 534 g/mol. The summed E-state index contributed by atoms with van der Waals surface area (Å²) in [4.78, 5) is 33.9. The van der Waals surface area contributed by atoms with Gasteiger partial charge in [0, 0.05) is 42.0 Å². The summed E-state index contributed by atoms with van der Waals surface area (Å²) in [5, 5.41) is 0. The van der Waals surface area contributed by atoms with Gasteiger partial charge in [0.05, 0.1) is 13.1 Å². The second-order valence-electron chi connectivity index (χ2n) is 12.1. The van der Waals surface area contributed by atoms with Gasteiger partial charge in [-0.05, 0) is 55.3 Å². The van der Waals surface area contributed by atoms with Gasteiger partial charge in [-0.2, -0.15) is 0 Å². The predicted octanol–water partition coefficient (Wildman–Crippen LogP) is 5.47. The van der Waals surface area contributed by atoms with Crippen LogP contribution in [0.2, 0.25) is 0 Å². The molecule has 2 amide bonds. The second kappa shape index (κ2) is 10.3. The van der Waals surface area contributed by atoms with E-state index in [1.807, 2.05) is 52.3 Å². The number of nitrogens with zero attached hydrogens (tertiary/aromatic N) is 4. The molecule has 1 aromatic heterocycles. The molecule has 0 spiro atoms. The van der Waals surface area contributed by atoms with E-state index in [9.17, 15) is 9.59 Å². The maximum Gasteiger partial charge on any atom is 0.270 e. The number of carbonyl (C=O) groups is 2. The second-order valence-corrected chi connectivity index (χ2v) is 12.1. The summed E-state index contributed by atoms with van der Waals surface area (Å²) < 4.78 is 2.11. The largest absolute Gasteiger partial charge is 0.336 e. The van der Waals surface area contributed by atoms with E-state index in [0.717, 1.165) is 36.5 Å². The average molecular weight is 535 g/mol. The van der Waals surface area contributed by atoms with Gasteiger partial charge in [0.15, 0.2) is 0 Å². The zero-order valence-corrected chi connectivity index (χ0v) is 23.9. The third-order valence-corrected chi connectivity index (χ3v) is 8.85. The Morgan fingerprint density at radius 2 is 1.65 bits per heavy atom. The van der Waals surface area contributed by atoms with Crippen LogP contribution in [0.3, 0.4) is 0 Å². The third kappa shape index (κ3) is 4.71. The number of fused-ring (bicyclic) bond motifs is 2. The number of hydrogen-bond donors (Lipinski definition) is 0. The number of likely N-dealkylation sites (N-methyl/N-ethyl adjacent to an activating group) is 1. The van der Waals surface area contributed by atoms with Gasteiger partial charge in [-0.3, -0.25) is 9.59 Å². The Hall–Kier alpha value is -3.90. The quantitative estimate of drug-likeness (QED) is 0.446. The Morgan fingerprint density at radius 3 is 2.38 bits per heavy atom. The first kappa shape index (κ1) is 26.3. The number of carbonyl (C=O) groups excluding carboxylic acids is 2. The van der Waals surface area contributed by atoms with E-state index in [-0.39, 0.29) is 23.1 Å². The van der Waals surface area contributed by atoms with Crippen molar-refractivity contribution in [1.29, 1.82) is 0 Å². The van der Waals surface area contributed by atoms with Crippen molar-refractivity contribution >= 4 is 17.5 Å². The Balaban J connectivity index is 1.30. The molecule has 1 unspecified atom stereocenters. The molecule has 1 aliphatic carbocycles. The number of para-hydroxylation sites is 1. The molecule has 0 radical (unpaired) electrons. The van der Waals surface area contributed by atoms with Crippen molar-refractivity contribution in [2.24, 2.45) is 5.41 Å². The van der Waals surface area contributed by atoms with Crippen molar-refractivity contribution in [3.8, 4) is 0 Å². The third-order valence-electron chi connectivity index (χ3n) is 8.85. The summed E-state index contributed by atoms with van der Waals surface area (Å²) in [5.74, 6) is 0.254. The number of hydrogen-bond acceptors (Lipinski definition) is 3. The van der Waals surface area contributed by atoms with E-state index in [4.69, 9.17) is 0 Å².